The SMILES string of the molecule is CC(=O)OC1=C(N2CCCC2=O)OC(C)(c2cccnc2)C1=O. The highest BCUT2D eigenvalue weighted by Gasteiger charge is 2.52. The minimum atomic E-state index is -1.38. The van der Waals surface area contributed by atoms with Crippen molar-refractivity contribution in [2.24, 2.45) is 0 Å². The van der Waals surface area contributed by atoms with Gasteiger partial charge in [-0.3, -0.25) is 24.3 Å². The van der Waals surface area contributed by atoms with E-state index in [4.69, 9.17) is 9.47 Å². The van der Waals surface area contributed by atoms with Gasteiger partial charge in [-0.25, -0.2) is 0 Å². The quantitative estimate of drug-likeness (QED) is 0.780. The Morgan fingerprint density at radius 2 is 2.22 bits per heavy atom. The summed E-state index contributed by atoms with van der Waals surface area (Å²) in [7, 11) is 0. The Morgan fingerprint density at radius 1 is 1.43 bits per heavy atom. The molecule has 3 rings (SSSR count). The van der Waals surface area contributed by atoms with Crippen molar-refractivity contribution in [3.63, 3.8) is 0 Å². The Labute approximate surface area is 132 Å². The van der Waals surface area contributed by atoms with E-state index in [0.29, 0.717) is 24.9 Å². The molecule has 120 valence electrons. The second kappa shape index (κ2) is 5.49. The molecule has 0 bridgehead atoms. The Bertz CT molecular complexity index is 712. The van der Waals surface area contributed by atoms with Gasteiger partial charge in [0, 0.05) is 37.8 Å². The van der Waals surface area contributed by atoms with Gasteiger partial charge in [0.1, 0.15) is 0 Å². The zero-order valence-corrected chi connectivity index (χ0v) is 12.9. The molecule has 0 aromatic carbocycles. The van der Waals surface area contributed by atoms with Crippen LogP contribution in [0, 0.1) is 0 Å². The maximum Gasteiger partial charge on any atom is 0.308 e. The van der Waals surface area contributed by atoms with E-state index in [0.717, 1.165) is 0 Å². The van der Waals surface area contributed by atoms with Crippen LogP contribution in [0.15, 0.2) is 36.2 Å². The predicted octanol–water partition coefficient (Wildman–Crippen LogP) is 1.25. The third-order valence-electron chi connectivity index (χ3n) is 3.91. The molecule has 2 aliphatic rings. The van der Waals surface area contributed by atoms with Gasteiger partial charge in [0.15, 0.2) is 0 Å². The third kappa shape index (κ3) is 2.48. The predicted molar refractivity (Wildman–Crippen MR) is 77.4 cm³/mol. The monoisotopic (exact) mass is 316 g/mol. The minimum Gasteiger partial charge on any atom is -0.456 e. The Kier molecular flexibility index (Phi) is 3.63. The molecule has 1 aromatic heterocycles. The van der Waals surface area contributed by atoms with Crippen LogP contribution in [0.5, 0.6) is 0 Å². The second-order valence-electron chi connectivity index (χ2n) is 5.58. The Hall–Kier alpha value is -2.70. The first-order valence-corrected chi connectivity index (χ1v) is 7.31. The number of Topliss-reactive ketones (excluding diaryl/α,β-unsaturated/α-hetero) is 1. The molecule has 23 heavy (non-hydrogen) atoms. The number of esters is 1. The number of pyridine rings is 1. The highest BCUT2D eigenvalue weighted by molar-refractivity contribution is 6.04. The smallest absolute Gasteiger partial charge is 0.308 e. The number of likely N-dealkylation sites (tertiary alicyclic amines) is 1. The molecular weight excluding hydrogens is 300 g/mol. The number of aromatic nitrogens is 1. The van der Waals surface area contributed by atoms with Crippen LogP contribution in [0.4, 0.5) is 0 Å². The lowest BCUT2D eigenvalue weighted by Crippen LogP contribution is -2.32. The van der Waals surface area contributed by atoms with Crippen LogP contribution in [0.3, 0.4) is 0 Å². The molecule has 1 atom stereocenters. The number of ketones is 1. The van der Waals surface area contributed by atoms with Gasteiger partial charge in [0.25, 0.3) is 5.78 Å². The first kappa shape index (κ1) is 15.2. The van der Waals surface area contributed by atoms with Gasteiger partial charge in [-0.1, -0.05) is 6.07 Å². The molecule has 0 radical (unpaired) electrons. The van der Waals surface area contributed by atoms with Crippen LogP contribution in [0.1, 0.15) is 32.3 Å². The molecule has 0 N–H and O–H groups in total. The lowest BCUT2D eigenvalue weighted by molar-refractivity contribution is -0.142. The summed E-state index contributed by atoms with van der Waals surface area (Å²) >= 11 is 0. The topological polar surface area (TPSA) is 85.8 Å². The molecule has 1 aromatic rings. The van der Waals surface area contributed by atoms with Crippen LogP contribution in [-0.2, 0) is 29.5 Å². The zero-order chi connectivity index (χ0) is 16.6. The zero-order valence-electron chi connectivity index (χ0n) is 12.9. The normalized spacial score (nSPS) is 24.2. The number of ether oxygens (including phenoxy) is 2. The molecule has 1 unspecified atom stereocenters. The van der Waals surface area contributed by atoms with E-state index in [-0.39, 0.29) is 17.5 Å². The number of nitrogens with zero attached hydrogens (tertiary/aromatic N) is 2. The summed E-state index contributed by atoms with van der Waals surface area (Å²) in [5, 5.41) is 0. The number of carbonyl (C=O) groups excluding carboxylic acids is 3. The molecular formula is C16H16N2O5. The van der Waals surface area contributed by atoms with Crippen molar-refractivity contribution in [2.45, 2.75) is 32.3 Å². The summed E-state index contributed by atoms with van der Waals surface area (Å²) < 4.78 is 10.9. The molecule has 1 saturated heterocycles. The van der Waals surface area contributed by atoms with Crippen molar-refractivity contribution >= 4 is 17.7 Å². The number of hydrogen-bond acceptors (Lipinski definition) is 6. The van der Waals surface area contributed by atoms with Crippen molar-refractivity contribution < 1.29 is 23.9 Å². The standard InChI is InChI=1S/C16H16N2O5/c1-10(19)22-13-14(21)16(2,11-5-3-7-17-9-11)23-15(13)18-8-4-6-12(18)20/h3,5,7,9H,4,6,8H2,1-2H3. The highest BCUT2D eigenvalue weighted by Crippen LogP contribution is 2.41. The Morgan fingerprint density at radius 3 is 2.78 bits per heavy atom. The van der Waals surface area contributed by atoms with Gasteiger partial charge in [-0.05, 0) is 19.4 Å². The molecule has 1 fully saturated rings. The van der Waals surface area contributed by atoms with Crippen LogP contribution in [-0.4, -0.2) is 34.1 Å². The van der Waals surface area contributed by atoms with Gasteiger partial charge < -0.3 is 9.47 Å². The van der Waals surface area contributed by atoms with Crippen LogP contribution in [0.2, 0.25) is 0 Å². The minimum absolute atomic E-state index is 0.0130. The van der Waals surface area contributed by atoms with Crippen LogP contribution in [0.25, 0.3) is 0 Å². The summed E-state index contributed by atoms with van der Waals surface area (Å²) in [6.45, 7) is 3.20. The number of rotatable bonds is 3. The first-order valence-electron chi connectivity index (χ1n) is 7.31. The van der Waals surface area contributed by atoms with Gasteiger partial charge in [0.2, 0.25) is 23.2 Å². The second-order valence-corrected chi connectivity index (χ2v) is 5.58. The maximum absolute atomic E-state index is 12.8. The summed E-state index contributed by atoms with van der Waals surface area (Å²) in [4.78, 5) is 41.5. The van der Waals surface area contributed by atoms with Gasteiger partial charge in [0.05, 0.1) is 0 Å². The molecule has 3 heterocycles. The summed E-state index contributed by atoms with van der Waals surface area (Å²) in [6.07, 6.45) is 4.13. The third-order valence-corrected chi connectivity index (χ3v) is 3.91. The molecule has 7 heteroatoms. The molecule has 0 spiro atoms. The molecule has 1 amide bonds. The summed E-state index contributed by atoms with van der Waals surface area (Å²) in [5.74, 6) is -1.52. The number of amides is 1. The van der Waals surface area contributed by atoms with Gasteiger partial charge in [-0.15, -0.1) is 0 Å². The van der Waals surface area contributed by atoms with Gasteiger partial charge in [-0.2, -0.15) is 0 Å². The summed E-state index contributed by atoms with van der Waals surface area (Å²) in [6, 6.07) is 3.38. The molecule has 2 aliphatic heterocycles. The molecule has 0 saturated carbocycles. The maximum atomic E-state index is 12.8. The number of carbonyl (C=O) groups is 3. The Balaban J connectivity index is 2.03. The van der Waals surface area contributed by atoms with Crippen molar-refractivity contribution in [2.75, 3.05) is 6.54 Å². The highest BCUT2D eigenvalue weighted by atomic mass is 16.6. The van der Waals surface area contributed by atoms with Crippen molar-refractivity contribution in [3.8, 4) is 0 Å². The number of hydrogen-bond donors (Lipinski definition) is 0. The molecule has 7 nitrogen and oxygen atoms in total. The van der Waals surface area contributed by atoms with E-state index >= 15 is 0 Å². The average Bonchev–Trinajstić information content (AvgIpc) is 3.05. The van der Waals surface area contributed by atoms with E-state index in [1.807, 2.05) is 0 Å². The summed E-state index contributed by atoms with van der Waals surface area (Å²) in [5.41, 5.74) is -0.853. The van der Waals surface area contributed by atoms with Gasteiger partial charge >= 0.3 is 5.97 Å². The fourth-order valence-corrected chi connectivity index (χ4v) is 2.71. The van der Waals surface area contributed by atoms with E-state index in [2.05, 4.69) is 4.98 Å². The molecule has 0 aliphatic carbocycles. The van der Waals surface area contributed by atoms with E-state index in [1.165, 1.54) is 18.0 Å². The van der Waals surface area contributed by atoms with E-state index in [9.17, 15) is 14.4 Å². The lowest BCUT2D eigenvalue weighted by Gasteiger charge is -2.25. The average molecular weight is 316 g/mol. The van der Waals surface area contributed by atoms with E-state index in [1.54, 1.807) is 25.3 Å². The lowest BCUT2D eigenvalue weighted by atomic mass is 9.93. The van der Waals surface area contributed by atoms with Crippen LogP contribution >= 0.6 is 0 Å². The fourth-order valence-electron chi connectivity index (χ4n) is 2.71. The first-order chi connectivity index (χ1) is 10.9. The van der Waals surface area contributed by atoms with Crippen LogP contribution < -0.4 is 0 Å². The van der Waals surface area contributed by atoms with Crippen molar-refractivity contribution in [1.82, 2.24) is 9.88 Å². The van der Waals surface area contributed by atoms with E-state index < -0.39 is 17.4 Å². The van der Waals surface area contributed by atoms with Crippen molar-refractivity contribution in [3.05, 3.63) is 41.7 Å². The fraction of sp³-hybridized carbons (Fsp3) is 0.375. The van der Waals surface area contributed by atoms with Crippen molar-refractivity contribution in [1.29, 1.82) is 0 Å². The largest absolute Gasteiger partial charge is 0.456 e.